The van der Waals surface area contributed by atoms with Gasteiger partial charge in [-0.3, -0.25) is 0 Å². The summed E-state index contributed by atoms with van der Waals surface area (Å²) in [5, 5.41) is 2.60. The smallest absolute Gasteiger partial charge is 0.407 e. The van der Waals surface area contributed by atoms with Crippen LogP contribution in [0.5, 0.6) is 0 Å². The Hall–Kier alpha value is -2.39. The lowest BCUT2D eigenvalue weighted by atomic mass is 9.93. The molecule has 0 spiro atoms. The van der Waals surface area contributed by atoms with Gasteiger partial charge in [0.25, 0.3) is 0 Å². The molecule has 9 nitrogen and oxygen atoms in total. The highest BCUT2D eigenvalue weighted by Gasteiger charge is 2.29. The molecule has 0 saturated carbocycles. The summed E-state index contributed by atoms with van der Waals surface area (Å²) in [6.45, 7) is 15.3. The van der Waals surface area contributed by atoms with Crippen LogP contribution in [0.4, 0.5) is 4.79 Å². The minimum absolute atomic E-state index is 0.0376. The van der Waals surface area contributed by atoms with Crippen molar-refractivity contribution in [1.29, 1.82) is 0 Å². The molecule has 0 radical (unpaired) electrons. The van der Waals surface area contributed by atoms with Crippen LogP contribution >= 0.6 is 0 Å². The second-order valence-corrected chi connectivity index (χ2v) is 7.58. The number of hydrogen-bond donors (Lipinski definition) is 1. The van der Waals surface area contributed by atoms with Crippen molar-refractivity contribution in [2.24, 2.45) is 5.41 Å². The zero-order chi connectivity index (χ0) is 23.7. The summed E-state index contributed by atoms with van der Waals surface area (Å²) in [5.74, 6) is -1.25. The van der Waals surface area contributed by atoms with Crippen molar-refractivity contribution in [2.75, 3.05) is 39.6 Å². The Labute approximate surface area is 185 Å². The summed E-state index contributed by atoms with van der Waals surface area (Å²) >= 11 is 0. The molecule has 0 aliphatic carbocycles. The van der Waals surface area contributed by atoms with Crippen LogP contribution < -0.4 is 5.32 Å². The van der Waals surface area contributed by atoms with Crippen LogP contribution in [-0.4, -0.2) is 69.8 Å². The van der Waals surface area contributed by atoms with Gasteiger partial charge in [-0.2, -0.15) is 0 Å². The molecule has 0 bridgehead atoms. The number of amides is 1. The first kappa shape index (κ1) is 28.6. The van der Waals surface area contributed by atoms with Gasteiger partial charge in [0.2, 0.25) is 0 Å². The number of carbonyl (C=O) groups is 3. The van der Waals surface area contributed by atoms with Crippen LogP contribution in [0.1, 0.15) is 40.5 Å². The molecule has 2 unspecified atom stereocenters. The minimum Gasteiger partial charge on any atom is -0.462 e. The summed E-state index contributed by atoms with van der Waals surface area (Å²) < 4.78 is 26.5. The fourth-order valence-corrected chi connectivity index (χ4v) is 2.14. The molecule has 1 N–H and O–H groups in total. The van der Waals surface area contributed by atoms with Gasteiger partial charge >= 0.3 is 18.0 Å². The molecule has 0 aliphatic heterocycles. The van der Waals surface area contributed by atoms with Gasteiger partial charge in [0.1, 0.15) is 19.3 Å². The molecule has 0 saturated heterocycles. The molecule has 9 heteroatoms. The summed E-state index contributed by atoms with van der Waals surface area (Å²) in [6.07, 6.45) is 2.85. The van der Waals surface area contributed by atoms with Crippen molar-refractivity contribution < 1.29 is 38.1 Å². The molecule has 0 aromatic carbocycles. The summed E-state index contributed by atoms with van der Waals surface area (Å²) in [7, 11) is 0. The molecule has 0 aromatic rings. The molecular formula is C22H37NO8. The molecule has 0 heterocycles. The number of esters is 2. The Morgan fingerprint density at radius 3 is 2.10 bits per heavy atom. The quantitative estimate of drug-likeness (QED) is 0.158. The van der Waals surface area contributed by atoms with Gasteiger partial charge in [0.05, 0.1) is 24.7 Å². The van der Waals surface area contributed by atoms with Crippen molar-refractivity contribution in [1.82, 2.24) is 5.32 Å². The van der Waals surface area contributed by atoms with Gasteiger partial charge in [-0.25, -0.2) is 14.4 Å². The third kappa shape index (κ3) is 15.1. The van der Waals surface area contributed by atoms with E-state index in [9.17, 15) is 14.4 Å². The van der Waals surface area contributed by atoms with Gasteiger partial charge in [-0.05, 0) is 20.3 Å². The average molecular weight is 444 g/mol. The Balaban J connectivity index is 4.44. The lowest BCUT2D eigenvalue weighted by molar-refractivity contribution is -0.146. The first-order chi connectivity index (χ1) is 14.7. The van der Waals surface area contributed by atoms with Crippen molar-refractivity contribution in [3.05, 3.63) is 25.3 Å². The maximum absolute atomic E-state index is 12.1. The molecule has 178 valence electrons. The topological polar surface area (TPSA) is 109 Å². The molecule has 0 aliphatic rings. The lowest BCUT2D eigenvalue weighted by Crippen LogP contribution is -2.43. The highest BCUT2D eigenvalue weighted by Crippen LogP contribution is 2.17. The van der Waals surface area contributed by atoms with E-state index in [4.69, 9.17) is 23.7 Å². The van der Waals surface area contributed by atoms with Crippen LogP contribution in [0.25, 0.3) is 0 Å². The first-order valence-electron chi connectivity index (χ1n) is 10.4. The number of unbranched alkanes of at least 4 members (excludes halogenated alkanes) is 1. The monoisotopic (exact) mass is 443 g/mol. The van der Waals surface area contributed by atoms with E-state index in [-0.39, 0.29) is 32.5 Å². The third-order valence-corrected chi connectivity index (χ3v) is 4.04. The largest absolute Gasteiger partial charge is 0.462 e. The van der Waals surface area contributed by atoms with Crippen LogP contribution in [0.2, 0.25) is 0 Å². The fraction of sp³-hybridized carbons (Fsp3) is 0.682. The Morgan fingerprint density at radius 1 is 1.00 bits per heavy atom. The van der Waals surface area contributed by atoms with Crippen LogP contribution in [-0.2, 0) is 33.3 Å². The average Bonchev–Trinajstić information content (AvgIpc) is 2.76. The highest BCUT2D eigenvalue weighted by atomic mass is 16.6. The van der Waals surface area contributed by atoms with Crippen molar-refractivity contribution in [3.8, 4) is 0 Å². The van der Waals surface area contributed by atoms with Gasteiger partial charge in [-0.1, -0.05) is 33.4 Å². The zero-order valence-electron chi connectivity index (χ0n) is 19.1. The Morgan fingerprint density at radius 2 is 1.58 bits per heavy atom. The van der Waals surface area contributed by atoms with Crippen molar-refractivity contribution >= 4 is 18.0 Å². The minimum atomic E-state index is -0.875. The number of ether oxygens (including phenoxy) is 5. The normalized spacial score (nSPS) is 12.9. The fourth-order valence-electron chi connectivity index (χ4n) is 2.14. The van der Waals surface area contributed by atoms with E-state index in [1.54, 1.807) is 13.8 Å². The second kappa shape index (κ2) is 16.3. The maximum atomic E-state index is 12.1. The predicted octanol–water partition coefficient (Wildman–Crippen LogP) is 2.79. The summed E-state index contributed by atoms with van der Waals surface area (Å²) in [5.41, 5.74) is -0.875. The molecule has 0 fully saturated rings. The van der Waals surface area contributed by atoms with Gasteiger partial charge in [-0.15, -0.1) is 0 Å². The second-order valence-electron chi connectivity index (χ2n) is 7.58. The van der Waals surface area contributed by atoms with E-state index in [0.29, 0.717) is 13.2 Å². The van der Waals surface area contributed by atoms with Crippen LogP contribution in [0, 0.1) is 5.41 Å². The van der Waals surface area contributed by atoms with E-state index in [1.165, 1.54) is 0 Å². The predicted molar refractivity (Wildman–Crippen MR) is 116 cm³/mol. The Bertz CT molecular complexity index is 554. The molecular weight excluding hydrogens is 406 g/mol. The lowest BCUT2D eigenvalue weighted by Gasteiger charge is -2.28. The Kier molecular flexibility index (Phi) is 15.1. The van der Waals surface area contributed by atoms with Gasteiger partial charge in [0.15, 0.2) is 0 Å². The van der Waals surface area contributed by atoms with E-state index in [1.807, 2.05) is 6.92 Å². The van der Waals surface area contributed by atoms with Crippen molar-refractivity contribution in [3.63, 3.8) is 0 Å². The summed E-state index contributed by atoms with van der Waals surface area (Å²) in [4.78, 5) is 34.8. The molecule has 0 rings (SSSR count). The molecule has 2 atom stereocenters. The van der Waals surface area contributed by atoms with Gasteiger partial charge < -0.3 is 29.0 Å². The SMILES string of the molecule is C=CC(=O)OCC(C)(CNC(=O)OC(C)COC(C)COCCCC)COC(=O)C=C. The number of hydrogen-bond acceptors (Lipinski definition) is 8. The summed E-state index contributed by atoms with van der Waals surface area (Å²) in [6, 6.07) is 0. The zero-order valence-corrected chi connectivity index (χ0v) is 19.1. The van der Waals surface area contributed by atoms with E-state index in [0.717, 1.165) is 25.0 Å². The first-order valence-corrected chi connectivity index (χ1v) is 10.4. The van der Waals surface area contributed by atoms with E-state index < -0.39 is 29.6 Å². The third-order valence-electron chi connectivity index (χ3n) is 4.04. The van der Waals surface area contributed by atoms with Crippen LogP contribution in [0.15, 0.2) is 25.3 Å². The van der Waals surface area contributed by atoms with Crippen LogP contribution in [0.3, 0.4) is 0 Å². The molecule has 0 aromatic heterocycles. The standard InChI is InChI=1S/C22H37NO8/c1-7-10-11-27-12-17(4)28-13-18(5)31-21(26)23-14-22(6,15-29-19(24)8-2)16-30-20(25)9-3/h8-9,17-18H,2-3,7,10-16H2,1,4-6H3,(H,23,26). The van der Waals surface area contributed by atoms with Crippen molar-refractivity contribution in [2.45, 2.75) is 52.7 Å². The highest BCUT2D eigenvalue weighted by molar-refractivity contribution is 5.81. The van der Waals surface area contributed by atoms with E-state index >= 15 is 0 Å². The maximum Gasteiger partial charge on any atom is 0.407 e. The number of carbonyl (C=O) groups excluding carboxylic acids is 3. The number of rotatable bonds is 17. The van der Waals surface area contributed by atoms with Gasteiger partial charge in [0, 0.05) is 25.3 Å². The number of alkyl carbamates (subject to hydrolysis) is 1. The molecule has 1 amide bonds. The number of nitrogens with one attached hydrogen (secondary N) is 1. The van der Waals surface area contributed by atoms with E-state index in [2.05, 4.69) is 25.4 Å². The molecule has 31 heavy (non-hydrogen) atoms.